The highest BCUT2D eigenvalue weighted by Gasteiger charge is 2.57. The maximum absolute atomic E-state index is 1.62. The van der Waals surface area contributed by atoms with Crippen molar-refractivity contribution in [3.8, 4) is 0 Å². The van der Waals surface area contributed by atoms with E-state index in [-0.39, 0.29) is 0 Å². The molecule has 3 fully saturated rings. The lowest BCUT2D eigenvalue weighted by molar-refractivity contribution is 0.310. The molecule has 0 N–H and O–H groups in total. The molecule has 0 aromatic carbocycles. The first kappa shape index (κ1) is 4.76. The van der Waals surface area contributed by atoms with Crippen LogP contribution in [0.15, 0.2) is 0 Å². The molecular weight excluding hydrogens is 108 g/mol. The van der Waals surface area contributed by atoms with Crippen LogP contribution in [-0.2, 0) is 0 Å². The molecule has 0 heteroatoms. The first-order chi connectivity index (χ1) is 4.39. The number of rotatable bonds is 0. The van der Waals surface area contributed by atoms with Gasteiger partial charge in [0.15, 0.2) is 0 Å². The summed E-state index contributed by atoms with van der Waals surface area (Å²) in [5.41, 5.74) is 0.961. The fourth-order valence-corrected chi connectivity index (χ4v) is 3.33. The highest BCUT2D eigenvalue weighted by molar-refractivity contribution is 5.07. The Labute approximate surface area is 56.6 Å². The Hall–Kier alpha value is 0. The number of hydrogen-bond donors (Lipinski definition) is 0. The Morgan fingerprint density at radius 1 is 1.11 bits per heavy atom. The maximum Gasteiger partial charge on any atom is -0.0266 e. The van der Waals surface area contributed by atoms with Crippen LogP contribution < -0.4 is 0 Å². The van der Waals surface area contributed by atoms with E-state index >= 15 is 0 Å². The average Bonchev–Trinajstić information content (AvgIpc) is 2.40. The molecule has 2 atom stereocenters. The molecule has 3 saturated carbocycles. The number of hydrogen-bond acceptors (Lipinski definition) is 0. The van der Waals surface area contributed by atoms with Crippen LogP contribution in [-0.4, -0.2) is 0 Å². The van der Waals surface area contributed by atoms with Crippen molar-refractivity contribution >= 4 is 0 Å². The molecular formula is C9H14. The third-order valence-corrected chi connectivity index (χ3v) is 3.99. The molecule has 0 amide bonds. The van der Waals surface area contributed by atoms with Crippen molar-refractivity contribution in [3.05, 3.63) is 0 Å². The van der Waals surface area contributed by atoms with Crippen LogP contribution in [0.2, 0.25) is 0 Å². The standard InChI is InChI=1S/C9H14/c1-2-8-5-7(1)6-9(8)3-4-9/h7-8H,1-6H2/t7-,8+/m0/s1. The number of fused-ring (bicyclic) bond motifs is 3. The van der Waals surface area contributed by atoms with Gasteiger partial charge in [-0.1, -0.05) is 6.42 Å². The van der Waals surface area contributed by atoms with Gasteiger partial charge in [-0.3, -0.25) is 0 Å². The van der Waals surface area contributed by atoms with Gasteiger partial charge in [-0.05, 0) is 49.4 Å². The molecule has 0 nitrogen and oxygen atoms in total. The van der Waals surface area contributed by atoms with E-state index < -0.39 is 0 Å². The summed E-state index contributed by atoms with van der Waals surface area (Å²) in [4.78, 5) is 0. The van der Waals surface area contributed by atoms with Crippen molar-refractivity contribution in [2.24, 2.45) is 17.3 Å². The van der Waals surface area contributed by atoms with Gasteiger partial charge in [0.1, 0.15) is 0 Å². The molecule has 0 aromatic heterocycles. The monoisotopic (exact) mass is 122 g/mol. The van der Waals surface area contributed by atoms with Crippen molar-refractivity contribution in [3.63, 3.8) is 0 Å². The molecule has 2 bridgehead atoms. The Morgan fingerprint density at radius 3 is 2.33 bits per heavy atom. The fraction of sp³-hybridized carbons (Fsp3) is 1.00. The second-order valence-corrected chi connectivity index (χ2v) is 4.44. The van der Waals surface area contributed by atoms with Crippen LogP contribution in [0.3, 0.4) is 0 Å². The highest BCUT2D eigenvalue weighted by Crippen LogP contribution is 2.68. The Kier molecular flexibility index (Phi) is 0.640. The molecule has 3 rings (SSSR count). The summed E-state index contributed by atoms with van der Waals surface area (Å²) in [7, 11) is 0. The van der Waals surface area contributed by atoms with Gasteiger partial charge in [0, 0.05) is 0 Å². The molecule has 3 aliphatic rings. The fourth-order valence-electron chi connectivity index (χ4n) is 3.33. The zero-order valence-electron chi connectivity index (χ0n) is 5.90. The van der Waals surface area contributed by atoms with Crippen LogP contribution in [0.25, 0.3) is 0 Å². The van der Waals surface area contributed by atoms with Crippen LogP contribution >= 0.6 is 0 Å². The lowest BCUT2D eigenvalue weighted by Gasteiger charge is -2.19. The summed E-state index contributed by atoms with van der Waals surface area (Å²) in [6.45, 7) is 0. The van der Waals surface area contributed by atoms with Crippen LogP contribution in [0.5, 0.6) is 0 Å². The summed E-state index contributed by atoms with van der Waals surface area (Å²) < 4.78 is 0. The van der Waals surface area contributed by atoms with Gasteiger partial charge in [0.2, 0.25) is 0 Å². The van der Waals surface area contributed by atoms with Gasteiger partial charge in [-0.15, -0.1) is 0 Å². The lowest BCUT2D eigenvalue weighted by atomic mass is 9.86. The van der Waals surface area contributed by atoms with Gasteiger partial charge in [-0.25, -0.2) is 0 Å². The Morgan fingerprint density at radius 2 is 2.00 bits per heavy atom. The van der Waals surface area contributed by atoms with E-state index in [0.717, 1.165) is 5.41 Å². The highest BCUT2D eigenvalue weighted by atomic mass is 14.6. The summed E-state index contributed by atoms with van der Waals surface area (Å²) in [5, 5.41) is 0. The SMILES string of the molecule is C1C[C@@H]2C[C@H]1CC21CC1. The van der Waals surface area contributed by atoms with Crippen molar-refractivity contribution in [2.45, 2.75) is 38.5 Å². The minimum absolute atomic E-state index is 0.961. The topological polar surface area (TPSA) is 0 Å². The van der Waals surface area contributed by atoms with Gasteiger partial charge in [0.25, 0.3) is 0 Å². The van der Waals surface area contributed by atoms with Crippen molar-refractivity contribution in [1.82, 2.24) is 0 Å². The molecule has 9 heavy (non-hydrogen) atoms. The van der Waals surface area contributed by atoms with Gasteiger partial charge >= 0.3 is 0 Å². The maximum atomic E-state index is 1.62. The van der Waals surface area contributed by atoms with Gasteiger partial charge in [0.05, 0.1) is 0 Å². The predicted molar refractivity (Wildman–Crippen MR) is 37.1 cm³/mol. The Bertz CT molecular complexity index is 144. The average molecular weight is 122 g/mol. The van der Waals surface area contributed by atoms with Crippen LogP contribution in [0, 0.1) is 17.3 Å². The largest absolute Gasteiger partial charge is 0.0501 e. The smallest absolute Gasteiger partial charge is 0.0266 e. The van der Waals surface area contributed by atoms with Crippen LogP contribution in [0.4, 0.5) is 0 Å². The zero-order valence-corrected chi connectivity index (χ0v) is 5.90. The first-order valence-corrected chi connectivity index (χ1v) is 4.39. The second kappa shape index (κ2) is 1.21. The van der Waals surface area contributed by atoms with E-state index in [0.29, 0.717) is 0 Å². The summed E-state index contributed by atoms with van der Waals surface area (Å²) in [6.07, 6.45) is 9.58. The molecule has 3 aliphatic carbocycles. The quantitative estimate of drug-likeness (QED) is 0.463. The van der Waals surface area contributed by atoms with E-state index in [2.05, 4.69) is 0 Å². The summed E-state index contributed by atoms with van der Waals surface area (Å²) >= 11 is 0. The van der Waals surface area contributed by atoms with Crippen molar-refractivity contribution in [1.29, 1.82) is 0 Å². The molecule has 0 saturated heterocycles. The third-order valence-electron chi connectivity index (χ3n) is 3.99. The second-order valence-electron chi connectivity index (χ2n) is 4.44. The van der Waals surface area contributed by atoms with E-state index in [1.54, 1.807) is 38.5 Å². The van der Waals surface area contributed by atoms with Crippen molar-refractivity contribution < 1.29 is 0 Å². The summed E-state index contributed by atoms with van der Waals surface area (Å²) in [5.74, 6) is 2.37. The molecule has 1 spiro atoms. The molecule has 50 valence electrons. The van der Waals surface area contributed by atoms with E-state index in [4.69, 9.17) is 0 Å². The molecule has 0 heterocycles. The minimum atomic E-state index is 0.961. The predicted octanol–water partition coefficient (Wildman–Crippen LogP) is 2.59. The Balaban J connectivity index is 1.96. The lowest BCUT2D eigenvalue weighted by Crippen LogP contribution is -2.09. The zero-order chi connectivity index (χ0) is 5.90. The minimum Gasteiger partial charge on any atom is -0.0501 e. The molecule has 0 unspecified atom stereocenters. The third kappa shape index (κ3) is 0.461. The van der Waals surface area contributed by atoms with Crippen molar-refractivity contribution in [2.75, 3.05) is 0 Å². The van der Waals surface area contributed by atoms with Gasteiger partial charge in [-0.2, -0.15) is 0 Å². The molecule has 0 aromatic rings. The normalized spacial score (nSPS) is 50.7. The van der Waals surface area contributed by atoms with Crippen LogP contribution in [0.1, 0.15) is 38.5 Å². The molecule has 0 radical (unpaired) electrons. The van der Waals surface area contributed by atoms with E-state index in [1.165, 1.54) is 11.8 Å². The molecule has 0 aliphatic heterocycles. The summed E-state index contributed by atoms with van der Waals surface area (Å²) in [6, 6.07) is 0. The van der Waals surface area contributed by atoms with Gasteiger partial charge < -0.3 is 0 Å². The first-order valence-electron chi connectivity index (χ1n) is 4.39. The van der Waals surface area contributed by atoms with E-state index in [1.807, 2.05) is 0 Å². The van der Waals surface area contributed by atoms with E-state index in [9.17, 15) is 0 Å².